The van der Waals surface area contributed by atoms with Crippen molar-refractivity contribution < 1.29 is 30.0 Å². The number of thiophene rings is 1. The molecule has 0 saturated heterocycles. The van der Waals surface area contributed by atoms with Crippen LogP contribution >= 0.6 is 11.3 Å². The zero-order chi connectivity index (χ0) is 28.6. The molecule has 41 heavy (non-hydrogen) atoms. The summed E-state index contributed by atoms with van der Waals surface area (Å²) in [5.41, 5.74) is 2.12. The Bertz CT molecular complexity index is 1680. The van der Waals surface area contributed by atoms with Gasteiger partial charge in [0.1, 0.15) is 6.33 Å². The van der Waals surface area contributed by atoms with Gasteiger partial charge in [-0.05, 0) is 51.4 Å². The van der Waals surface area contributed by atoms with E-state index in [-0.39, 0.29) is 43.5 Å². The molecule has 0 fully saturated rings. The van der Waals surface area contributed by atoms with Crippen molar-refractivity contribution in [1.29, 1.82) is 0 Å². The molecule has 1 radical (unpaired) electrons. The molecule has 7 heteroatoms. The molecule has 3 aromatic carbocycles. The van der Waals surface area contributed by atoms with Crippen LogP contribution in [0, 0.1) is 24.5 Å². The Morgan fingerprint density at radius 1 is 0.976 bits per heavy atom. The van der Waals surface area contributed by atoms with Crippen LogP contribution in [0.25, 0.3) is 47.2 Å². The van der Waals surface area contributed by atoms with Crippen molar-refractivity contribution in [2.24, 2.45) is 11.8 Å². The number of allylic oxidation sites excluding steroid dienone is 2. The smallest absolute Gasteiger partial charge is 0.219 e. The average Bonchev–Trinajstić information content (AvgIpc) is 3.41. The quantitative estimate of drug-likeness (QED) is 0.0745. The largest absolute Gasteiger partial charge is 0.512 e. The Labute approximate surface area is 259 Å². The molecule has 1 N–H and O–H groups in total. The van der Waals surface area contributed by atoms with Crippen LogP contribution in [0.15, 0.2) is 72.8 Å². The third-order valence-electron chi connectivity index (χ3n) is 7.38. The van der Waals surface area contributed by atoms with Crippen LogP contribution in [0.4, 0.5) is 5.69 Å². The second kappa shape index (κ2) is 15.0. The first-order valence-electron chi connectivity index (χ1n) is 13.8. The van der Waals surface area contributed by atoms with Gasteiger partial charge in [-0.1, -0.05) is 70.2 Å². The maximum Gasteiger partial charge on any atom is 0.219 e. The van der Waals surface area contributed by atoms with Gasteiger partial charge in [0, 0.05) is 43.7 Å². The number of fused-ring (bicyclic) bond motifs is 3. The third-order valence-corrected chi connectivity index (χ3v) is 8.46. The Hall–Kier alpha value is -3.43. The van der Waals surface area contributed by atoms with Crippen molar-refractivity contribution in [2.75, 3.05) is 0 Å². The van der Waals surface area contributed by atoms with Gasteiger partial charge < -0.3 is 5.11 Å². The van der Waals surface area contributed by atoms with E-state index >= 15 is 0 Å². The number of aliphatic hydroxyl groups is 1. The minimum Gasteiger partial charge on any atom is -0.512 e. The predicted octanol–water partition coefficient (Wildman–Crippen LogP) is 9.88. The summed E-state index contributed by atoms with van der Waals surface area (Å²) in [5, 5.41) is 13.7. The second-order valence-corrected chi connectivity index (χ2v) is 10.8. The first-order chi connectivity index (χ1) is 19.4. The van der Waals surface area contributed by atoms with Crippen LogP contribution in [0.3, 0.4) is 0 Å². The second-order valence-electron chi connectivity index (χ2n) is 9.73. The molecule has 0 bridgehead atoms. The van der Waals surface area contributed by atoms with Gasteiger partial charge >= 0.3 is 0 Å². The number of hydrogen-bond donors (Lipinski definition) is 1. The summed E-state index contributed by atoms with van der Waals surface area (Å²) in [7, 11) is 0. The third kappa shape index (κ3) is 7.08. The molecular weight excluding hydrogens is 707 g/mol. The van der Waals surface area contributed by atoms with E-state index in [1.165, 1.54) is 10.8 Å². The van der Waals surface area contributed by atoms with Crippen molar-refractivity contribution in [3.05, 3.63) is 90.2 Å². The molecule has 2 aromatic heterocycles. The van der Waals surface area contributed by atoms with Gasteiger partial charge in [0.25, 0.3) is 0 Å². The number of nitrogens with zero attached hydrogens (tertiary/aromatic N) is 3. The molecule has 5 aromatic rings. The number of benzene rings is 3. The molecule has 0 atom stereocenters. The van der Waals surface area contributed by atoms with Gasteiger partial charge in [-0.2, -0.15) is 0 Å². The Balaban J connectivity index is 0.000000253. The maximum absolute atomic E-state index is 11.7. The normalized spacial score (nSPS) is 11.4. The van der Waals surface area contributed by atoms with E-state index in [1.54, 1.807) is 17.7 Å². The first kappa shape index (κ1) is 32.1. The van der Waals surface area contributed by atoms with Crippen LogP contribution in [0.5, 0.6) is 0 Å². The minimum atomic E-state index is 0. The molecular formula is C34H34IrN3O2S-. The van der Waals surface area contributed by atoms with Gasteiger partial charge in [0.05, 0.1) is 17.8 Å². The topological polar surface area (TPSA) is 67.4 Å². The molecule has 213 valence electrons. The standard InChI is InChI=1S/C21H10N3S.C13H24O2.Ir/c1-22-20-15-8-4-2-6-13(15)10-16-19(23-12-24-21(16)20)18-11-14-7-3-5-9-17(14)25-18;1-5-10(6-2)12(14)9-13(15)11(7-3)8-4;/h2-10,12H;9-11,14H,5-8H2,1-4H3;/q-1;;/b;12-9-;. The van der Waals surface area contributed by atoms with Gasteiger partial charge in [-0.3, -0.25) is 9.78 Å². The number of rotatable bonds is 8. The first-order valence-corrected chi connectivity index (χ1v) is 14.7. The van der Waals surface area contributed by atoms with E-state index in [9.17, 15) is 9.90 Å². The SMILES string of the molecule is CCC(CC)C(=O)/C=C(\O)C(CC)CC.[C-]#[N+]c1c2ccccc2cc2c(-c3[c-]c4ccccc4s3)ncnc12.[Ir]. The zero-order valence-electron chi connectivity index (χ0n) is 23.8. The van der Waals surface area contributed by atoms with Crippen LogP contribution in [0.1, 0.15) is 53.4 Å². The Kier molecular flexibility index (Phi) is 11.7. The molecule has 5 rings (SSSR count). The van der Waals surface area contributed by atoms with Crippen LogP contribution < -0.4 is 0 Å². The molecule has 0 amide bonds. The molecule has 5 nitrogen and oxygen atoms in total. The van der Waals surface area contributed by atoms with E-state index in [1.807, 2.05) is 64.1 Å². The van der Waals surface area contributed by atoms with Crippen LogP contribution in [-0.4, -0.2) is 20.9 Å². The summed E-state index contributed by atoms with van der Waals surface area (Å²) in [6.45, 7) is 15.7. The fourth-order valence-corrected chi connectivity index (χ4v) is 5.96. The summed E-state index contributed by atoms with van der Waals surface area (Å²) in [6, 6.07) is 21.6. The van der Waals surface area contributed by atoms with Crippen molar-refractivity contribution in [2.45, 2.75) is 53.4 Å². The zero-order valence-corrected chi connectivity index (χ0v) is 27.0. The van der Waals surface area contributed by atoms with Crippen molar-refractivity contribution in [3.63, 3.8) is 0 Å². The summed E-state index contributed by atoms with van der Waals surface area (Å²) < 4.78 is 1.18. The fourth-order valence-electron chi connectivity index (χ4n) is 4.94. The van der Waals surface area contributed by atoms with E-state index < -0.39 is 0 Å². The number of carbonyl (C=O) groups excluding carboxylic acids is 1. The van der Waals surface area contributed by atoms with E-state index in [4.69, 9.17) is 6.57 Å². The monoisotopic (exact) mass is 741 g/mol. The summed E-state index contributed by atoms with van der Waals surface area (Å²) in [4.78, 5) is 25.4. The van der Waals surface area contributed by atoms with Gasteiger partial charge in [0.2, 0.25) is 5.69 Å². The molecule has 0 spiro atoms. The molecule has 0 aliphatic heterocycles. The van der Waals surface area contributed by atoms with Crippen LogP contribution in [-0.2, 0) is 24.9 Å². The van der Waals surface area contributed by atoms with E-state index in [0.29, 0.717) is 11.2 Å². The van der Waals surface area contributed by atoms with Crippen molar-refractivity contribution in [1.82, 2.24) is 9.97 Å². The van der Waals surface area contributed by atoms with Gasteiger partial charge in [-0.25, -0.2) is 21.2 Å². The summed E-state index contributed by atoms with van der Waals surface area (Å²) >= 11 is 1.66. The van der Waals surface area contributed by atoms with Crippen LogP contribution in [0.2, 0.25) is 0 Å². The molecule has 0 saturated carbocycles. The number of ketones is 1. The number of aromatic nitrogens is 2. The Morgan fingerprint density at radius 2 is 1.63 bits per heavy atom. The number of carbonyl (C=O) groups is 1. The number of hydrogen-bond acceptors (Lipinski definition) is 5. The van der Waals surface area contributed by atoms with E-state index in [0.717, 1.165) is 57.8 Å². The predicted molar refractivity (Wildman–Crippen MR) is 167 cm³/mol. The minimum absolute atomic E-state index is 0. The molecule has 0 aliphatic carbocycles. The molecule has 0 aliphatic rings. The average molecular weight is 741 g/mol. The fraction of sp³-hybridized carbons (Fsp3) is 0.294. The van der Waals surface area contributed by atoms with Crippen molar-refractivity contribution in [3.8, 4) is 10.6 Å². The van der Waals surface area contributed by atoms with E-state index in [2.05, 4.69) is 39.1 Å². The maximum atomic E-state index is 11.7. The summed E-state index contributed by atoms with van der Waals surface area (Å²) in [6.07, 6.45) is 6.45. The summed E-state index contributed by atoms with van der Waals surface area (Å²) in [5.74, 6) is 0.547. The Morgan fingerprint density at radius 3 is 2.29 bits per heavy atom. The van der Waals surface area contributed by atoms with Crippen molar-refractivity contribution >= 4 is 54.6 Å². The number of aliphatic hydroxyl groups excluding tert-OH is 1. The van der Waals surface area contributed by atoms with Gasteiger partial charge in [0.15, 0.2) is 5.78 Å². The molecule has 2 heterocycles. The van der Waals surface area contributed by atoms with Gasteiger partial charge in [-0.15, -0.1) is 23.6 Å². The molecule has 0 unspecified atom stereocenters.